The fourth-order valence-corrected chi connectivity index (χ4v) is 8.17. The van der Waals surface area contributed by atoms with E-state index in [0.29, 0.717) is 10.8 Å². The zero-order valence-electron chi connectivity index (χ0n) is 18.0. The Labute approximate surface area is 193 Å². The molecule has 0 amide bonds. The number of aliphatic carboxylic acids is 1. The van der Waals surface area contributed by atoms with Gasteiger partial charge in [0.2, 0.25) is 10.0 Å². The molecule has 2 aliphatic rings. The number of thioether (sulfide) groups is 1. The average Bonchev–Trinajstić information content (AvgIpc) is 3.27. The summed E-state index contributed by atoms with van der Waals surface area (Å²) in [6, 6.07) is 11.9. The average molecular weight is 478 g/mol. The Hall–Kier alpha value is -1.90. The number of halogens is 1. The highest BCUT2D eigenvalue weighted by Gasteiger charge is 2.46. The molecule has 2 aromatic carbocycles. The lowest BCUT2D eigenvalue weighted by atomic mass is 9.90. The lowest BCUT2D eigenvalue weighted by Crippen LogP contribution is -2.49. The van der Waals surface area contributed by atoms with E-state index in [4.69, 9.17) is 0 Å². The molecule has 3 atom stereocenters. The van der Waals surface area contributed by atoms with Crippen LogP contribution in [-0.4, -0.2) is 40.8 Å². The molecule has 0 unspecified atom stereocenters. The molecular formula is C24H28FNO4S2. The van der Waals surface area contributed by atoms with Crippen molar-refractivity contribution in [3.05, 3.63) is 65.5 Å². The van der Waals surface area contributed by atoms with Crippen LogP contribution in [0.1, 0.15) is 49.3 Å². The van der Waals surface area contributed by atoms with Crippen molar-refractivity contribution >= 4 is 27.8 Å². The van der Waals surface area contributed by atoms with E-state index in [2.05, 4.69) is 0 Å². The minimum absolute atomic E-state index is 0.0930. The topological polar surface area (TPSA) is 74.7 Å². The predicted molar refractivity (Wildman–Crippen MR) is 124 cm³/mol. The van der Waals surface area contributed by atoms with Crippen molar-refractivity contribution in [1.29, 1.82) is 0 Å². The molecule has 8 heteroatoms. The van der Waals surface area contributed by atoms with E-state index >= 15 is 0 Å². The maximum Gasteiger partial charge on any atom is 0.308 e. The molecule has 1 saturated heterocycles. The second-order valence-corrected chi connectivity index (χ2v) is 12.1. The number of hydrogen-bond acceptors (Lipinski definition) is 4. The molecule has 1 aliphatic heterocycles. The highest BCUT2D eigenvalue weighted by molar-refractivity contribution is 8.00. The molecule has 2 aromatic rings. The number of carbonyl (C=O) groups is 1. The van der Waals surface area contributed by atoms with E-state index in [9.17, 15) is 22.7 Å². The van der Waals surface area contributed by atoms with Crippen LogP contribution in [0.25, 0.3) is 0 Å². The summed E-state index contributed by atoms with van der Waals surface area (Å²) in [4.78, 5) is 12.3. The van der Waals surface area contributed by atoms with Crippen molar-refractivity contribution in [2.24, 2.45) is 5.92 Å². The molecule has 4 rings (SSSR count). The number of nitrogens with zero attached hydrogens (tertiary/aromatic N) is 1. The third-order valence-electron chi connectivity index (χ3n) is 6.51. The van der Waals surface area contributed by atoms with Crippen LogP contribution >= 0.6 is 11.8 Å². The van der Waals surface area contributed by atoms with Crippen molar-refractivity contribution in [3.63, 3.8) is 0 Å². The third-order valence-corrected chi connectivity index (χ3v) is 10.1. The van der Waals surface area contributed by atoms with Crippen LogP contribution in [0.2, 0.25) is 0 Å². The maximum atomic E-state index is 14.8. The van der Waals surface area contributed by atoms with Crippen LogP contribution in [0.5, 0.6) is 0 Å². The number of sulfonamides is 1. The normalized spacial score (nSPS) is 25.1. The van der Waals surface area contributed by atoms with Crippen LogP contribution in [-0.2, 0) is 14.8 Å². The largest absolute Gasteiger partial charge is 0.481 e. The molecule has 32 heavy (non-hydrogen) atoms. The van der Waals surface area contributed by atoms with Gasteiger partial charge in [0.15, 0.2) is 0 Å². The molecule has 5 nitrogen and oxygen atoms in total. The zero-order valence-corrected chi connectivity index (χ0v) is 19.6. The molecule has 0 bridgehead atoms. The van der Waals surface area contributed by atoms with E-state index in [1.54, 1.807) is 42.1 Å². The Balaban J connectivity index is 1.74. The summed E-state index contributed by atoms with van der Waals surface area (Å²) in [5.41, 5.74) is 1.22. The minimum atomic E-state index is -4.02. The van der Waals surface area contributed by atoms with Gasteiger partial charge in [-0.3, -0.25) is 4.79 Å². The van der Waals surface area contributed by atoms with Crippen molar-refractivity contribution < 1.29 is 22.7 Å². The molecule has 0 spiro atoms. The Morgan fingerprint density at radius 2 is 1.75 bits per heavy atom. The van der Waals surface area contributed by atoms with E-state index in [0.717, 1.165) is 31.2 Å². The summed E-state index contributed by atoms with van der Waals surface area (Å²) in [5.74, 6) is -2.32. The zero-order chi connectivity index (χ0) is 22.9. The monoisotopic (exact) mass is 477 g/mol. The van der Waals surface area contributed by atoms with Gasteiger partial charge in [-0.05, 0) is 44.4 Å². The molecular weight excluding hydrogens is 449 g/mol. The Morgan fingerprint density at radius 1 is 1.09 bits per heavy atom. The van der Waals surface area contributed by atoms with Crippen LogP contribution in [0.15, 0.2) is 53.4 Å². The first-order valence-corrected chi connectivity index (χ1v) is 13.4. The summed E-state index contributed by atoms with van der Waals surface area (Å²) in [6.07, 6.45) is 4.62. The Kier molecular flexibility index (Phi) is 6.93. The summed E-state index contributed by atoms with van der Waals surface area (Å²) >= 11 is 1.65. The summed E-state index contributed by atoms with van der Waals surface area (Å²) in [7, 11) is -4.02. The number of carboxylic acids is 1. The van der Waals surface area contributed by atoms with Gasteiger partial charge in [-0.1, -0.05) is 48.7 Å². The van der Waals surface area contributed by atoms with Crippen LogP contribution in [0, 0.1) is 18.7 Å². The fourth-order valence-electron chi connectivity index (χ4n) is 4.74. The first-order chi connectivity index (χ1) is 15.3. The van der Waals surface area contributed by atoms with Crippen molar-refractivity contribution in [3.8, 4) is 0 Å². The number of benzene rings is 2. The van der Waals surface area contributed by atoms with Crippen molar-refractivity contribution in [1.82, 2.24) is 4.31 Å². The predicted octanol–water partition coefficient (Wildman–Crippen LogP) is 5.02. The van der Waals surface area contributed by atoms with Gasteiger partial charge in [0.1, 0.15) is 5.82 Å². The van der Waals surface area contributed by atoms with Crippen molar-refractivity contribution in [2.75, 3.05) is 6.54 Å². The smallest absolute Gasteiger partial charge is 0.308 e. The number of carboxylic acid groups (broad SMARTS) is 1. The molecule has 1 N–H and O–H groups in total. The third kappa shape index (κ3) is 4.72. The van der Waals surface area contributed by atoms with Gasteiger partial charge < -0.3 is 5.11 Å². The van der Waals surface area contributed by atoms with Crippen LogP contribution in [0.4, 0.5) is 4.39 Å². The second kappa shape index (κ2) is 9.53. The number of hydrogen-bond donors (Lipinski definition) is 1. The molecule has 1 aliphatic carbocycles. The standard InChI is InChI=1S/C24H28FNO4S2/c1-16-10-12-18(13-11-16)32(29,30)26-15-20(24(27)28)23(31-17-6-2-3-7-17)14-22(26)19-8-4-5-9-21(19)25/h4-5,8-13,17,20,22-23H,2-3,6-7,14-15H2,1H3,(H,27,28)/t20-,22+,23-/m1/s1. The highest BCUT2D eigenvalue weighted by Crippen LogP contribution is 2.45. The molecule has 1 saturated carbocycles. The minimum Gasteiger partial charge on any atom is -0.481 e. The van der Waals surface area contributed by atoms with Gasteiger partial charge in [-0.25, -0.2) is 12.8 Å². The van der Waals surface area contributed by atoms with Gasteiger partial charge in [0.05, 0.1) is 16.9 Å². The SMILES string of the molecule is Cc1ccc(S(=O)(=O)N2C[C@@H](C(=O)O)[C@H](SC3CCCC3)C[C@H]2c2ccccc2F)cc1. The number of piperidine rings is 1. The maximum absolute atomic E-state index is 14.8. The lowest BCUT2D eigenvalue weighted by molar-refractivity contribution is -0.143. The van der Waals surface area contributed by atoms with E-state index in [-0.39, 0.29) is 23.1 Å². The Bertz CT molecular complexity index is 1070. The first-order valence-electron chi connectivity index (χ1n) is 11.0. The number of rotatable bonds is 6. The van der Waals surface area contributed by atoms with Crippen LogP contribution < -0.4 is 0 Å². The van der Waals surface area contributed by atoms with Gasteiger partial charge in [0.25, 0.3) is 0 Å². The quantitative estimate of drug-likeness (QED) is 0.633. The fraction of sp³-hybridized carbons (Fsp3) is 0.458. The molecule has 1 heterocycles. The van der Waals surface area contributed by atoms with Gasteiger partial charge in [-0.15, -0.1) is 0 Å². The van der Waals surface area contributed by atoms with E-state index < -0.39 is 33.8 Å². The number of aryl methyl sites for hydroxylation is 1. The van der Waals surface area contributed by atoms with Gasteiger partial charge in [-0.2, -0.15) is 16.1 Å². The molecule has 0 aromatic heterocycles. The molecule has 172 valence electrons. The van der Waals surface area contributed by atoms with Crippen molar-refractivity contribution in [2.45, 2.75) is 60.5 Å². The summed E-state index contributed by atoms with van der Waals surface area (Å²) in [6.45, 7) is 1.69. The molecule has 2 fully saturated rings. The van der Waals surface area contributed by atoms with E-state index in [1.807, 2.05) is 6.92 Å². The Morgan fingerprint density at radius 3 is 2.38 bits per heavy atom. The summed E-state index contributed by atoms with van der Waals surface area (Å²) < 4.78 is 43.3. The second-order valence-electron chi connectivity index (χ2n) is 8.69. The first kappa shape index (κ1) is 23.3. The van der Waals surface area contributed by atoms with Gasteiger partial charge >= 0.3 is 5.97 Å². The summed E-state index contributed by atoms with van der Waals surface area (Å²) in [5, 5.41) is 10.1. The molecule has 0 radical (unpaired) electrons. The van der Waals surface area contributed by atoms with Crippen LogP contribution in [0.3, 0.4) is 0 Å². The van der Waals surface area contributed by atoms with Gasteiger partial charge in [0, 0.05) is 22.6 Å². The highest BCUT2D eigenvalue weighted by atomic mass is 32.2. The van der Waals surface area contributed by atoms with E-state index in [1.165, 1.54) is 22.5 Å². The lowest BCUT2D eigenvalue weighted by Gasteiger charge is -2.42.